The minimum Gasteiger partial charge on any atom is -0.365 e. The normalized spacial score (nSPS) is 17.7. The van der Waals surface area contributed by atoms with Crippen molar-refractivity contribution in [2.75, 3.05) is 23.4 Å². The number of aromatic nitrogens is 1. The first-order valence-electron chi connectivity index (χ1n) is 7.68. The molecule has 5 heteroatoms. The monoisotopic (exact) mass is 308 g/mol. The maximum absolute atomic E-state index is 12.5. The summed E-state index contributed by atoms with van der Waals surface area (Å²) in [4.78, 5) is 16.4. The molecule has 1 aliphatic rings. The molecule has 23 heavy (non-hydrogen) atoms. The smallest absolute Gasteiger partial charge is 0.231 e. The molecule has 0 fully saturated rings. The molecule has 0 radical (unpaired) electrons. The van der Waals surface area contributed by atoms with E-state index in [0.717, 1.165) is 16.9 Å². The lowest BCUT2D eigenvalue weighted by molar-refractivity contribution is -0.121. The van der Waals surface area contributed by atoms with Crippen molar-refractivity contribution in [2.45, 2.75) is 13.5 Å². The molecule has 1 aromatic carbocycles. The number of anilines is 2. The second kappa shape index (κ2) is 5.81. The Morgan fingerprint density at radius 3 is 2.61 bits per heavy atom. The SMILES string of the molecule is CC1CN(Cc2cc(C#N)n(C)c2)c2ccccc2N(C)C1=O. The molecule has 0 saturated heterocycles. The standard InChI is InChI=1S/C18H20N4O/c1-13-10-22(12-14-8-15(9-19)20(2)11-14)17-7-5-4-6-16(17)21(3)18(13)23/h4-8,11,13H,10,12H2,1-3H3. The lowest BCUT2D eigenvalue weighted by atomic mass is 10.1. The average Bonchev–Trinajstić information content (AvgIpc) is 2.88. The third-order valence-corrected chi connectivity index (χ3v) is 4.38. The number of hydrogen-bond acceptors (Lipinski definition) is 3. The van der Waals surface area contributed by atoms with Crippen molar-refractivity contribution < 1.29 is 4.79 Å². The molecule has 1 unspecified atom stereocenters. The number of nitriles is 1. The number of para-hydroxylation sites is 2. The van der Waals surface area contributed by atoms with Gasteiger partial charge in [-0.15, -0.1) is 0 Å². The Bertz CT molecular complexity index is 787. The molecule has 1 atom stereocenters. The van der Waals surface area contributed by atoms with E-state index in [-0.39, 0.29) is 11.8 Å². The summed E-state index contributed by atoms with van der Waals surface area (Å²) < 4.78 is 1.83. The molecule has 2 heterocycles. The molecule has 0 bridgehead atoms. The molecule has 2 aromatic rings. The number of rotatable bonds is 2. The number of fused-ring (bicyclic) bond motifs is 1. The summed E-state index contributed by atoms with van der Waals surface area (Å²) in [6.45, 7) is 3.30. The first-order valence-corrected chi connectivity index (χ1v) is 7.68. The van der Waals surface area contributed by atoms with Crippen molar-refractivity contribution in [3.05, 3.63) is 47.8 Å². The number of amides is 1. The van der Waals surface area contributed by atoms with Gasteiger partial charge in [0.2, 0.25) is 5.91 Å². The van der Waals surface area contributed by atoms with E-state index in [1.165, 1.54) is 0 Å². The van der Waals surface area contributed by atoms with Crippen LogP contribution in [0, 0.1) is 17.2 Å². The molecule has 3 rings (SSSR count). The minimum absolute atomic E-state index is 0.0773. The lowest BCUT2D eigenvalue weighted by Gasteiger charge is -2.25. The fraction of sp³-hybridized carbons (Fsp3) is 0.333. The topological polar surface area (TPSA) is 52.3 Å². The van der Waals surface area contributed by atoms with Crippen molar-refractivity contribution in [3.63, 3.8) is 0 Å². The maximum atomic E-state index is 12.5. The van der Waals surface area contributed by atoms with E-state index in [0.29, 0.717) is 18.8 Å². The van der Waals surface area contributed by atoms with E-state index >= 15 is 0 Å². The Balaban J connectivity index is 1.99. The van der Waals surface area contributed by atoms with Gasteiger partial charge in [0.25, 0.3) is 0 Å². The summed E-state index contributed by atoms with van der Waals surface area (Å²) in [6.07, 6.45) is 1.97. The maximum Gasteiger partial charge on any atom is 0.231 e. The van der Waals surface area contributed by atoms with Gasteiger partial charge in [-0.1, -0.05) is 19.1 Å². The van der Waals surface area contributed by atoms with Gasteiger partial charge in [0.05, 0.1) is 17.3 Å². The largest absolute Gasteiger partial charge is 0.365 e. The number of hydrogen-bond donors (Lipinski definition) is 0. The van der Waals surface area contributed by atoms with Crippen LogP contribution in [0.3, 0.4) is 0 Å². The van der Waals surface area contributed by atoms with E-state index in [1.54, 1.807) is 4.90 Å². The van der Waals surface area contributed by atoms with Crippen LogP contribution in [0.4, 0.5) is 11.4 Å². The Kier molecular flexibility index (Phi) is 3.83. The number of aryl methyl sites for hydroxylation is 1. The van der Waals surface area contributed by atoms with Crippen LogP contribution in [0.5, 0.6) is 0 Å². The third-order valence-electron chi connectivity index (χ3n) is 4.38. The average molecular weight is 308 g/mol. The van der Waals surface area contributed by atoms with Gasteiger partial charge in [0, 0.05) is 33.4 Å². The van der Waals surface area contributed by atoms with Crippen LogP contribution in [0.25, 0.3) is 0 Å². The summed E-state index contributed by atoms with van der Waals surface area (Å²) in [5.74, 6) is 0.0530. The Morgan fingerprint density at radius 1 is 1.26 bits per heavy atom. The van der Waals surface area contributed by atoms with Crippen LogP contribution in [-0.2, 0) is 18.4 Å². The predicted molar refractivity (Wildman–Crippen MR) is 90.2 cm³/mol. The Labute approximate surface area is 136 Å². The van der Waals surface area contributed by atoms with Gasteiger partial charge in [0.1, 0.15) is 11.8 Å². The van der Waals surface area contributed by atoms with E-state index in [9.17, 15) is 4.79 Å². The molecule has 118 valence electrons. The molecule has 1 amide bonds. The number of benzene rings is 1. The first-order chi connectivity index (χ1) is 11.0. The van der Waals surface area contributed by atoms with Gasteiger partial charge in [-0.2, -0.15) is 5.26 Å². The number of carbonyl (C=O) groups is 1. The van der Waals surface area contributed by atoms with Gasteiger partial charge < -0.3 is 14.4 Å². The quantitative estimate of drug-likeness (QED) is 0.856. The fourth-order valence-electron chi connectivity index (χ4n) is 3.17. The molecule has 1 aliphatic heterocycles. The molecule has 1 aromatic heterocycles. The van der Waals surface area contributed by atoms with Crippen molar-refractivity contribution >= 4 is 17.3 Å². The third kappa shape index (κ3) is 2.68. The van der Waals surface area contributed by atoms with Crippen molar-refractivity contribution in [1.29, 1.82) is 5.26 Å². The van der Waals surface area contributed by atoms with E-state index < -0.39 is 0 Å². The highest BCUT2D eigenvalue weighted by atomic mass is 16.2. The molecule has 0 spiro atoms. The lowest BCUT2D eigenvalue weighted by Crippen LogP contribution is -2.34. The van der Waals surface area contributed by atoms with Crippen LogP contribution >= 0.6 is 0 Å². The molecule has 0 N–H and O–H groups in total. The number of carbonyl (C=O) groups excluding carboxylic acids is 1. The highest BCUT2D eigenvalue weighted by molar-refractivity contribution is 5.99. The van der Waals surface area contributed by atoms with Crippen molar-refractivity contribution in [1.82, 2.24) is 4.57 Å². The molecule has 0 saturated carbocycles. The van der Waals surface area contributed by atoms with Gasteiger partial charge >= 0.3 is 0 Å². The predicted octanol–water partition coefficient (Wildman–Crippen LogP) is 2.52. The van der Waals surface area contributed by atoms with E-state index in [1.807, 2.05) is 62.1 Å². The zero-order valence-corrected chi connectivity index (χ0v) is 13.7. The summed E-state index contributed by atoms with van der Waals surface area (Å²) in [7, 11) is 3.70. The highest BCUT2D eigenvalue weighted by Crippen LogP contribution is 2.34. The number of nitrogens with zero attached hydrogens (tertiary/aromatic N) is 4. The Morgan fingerprint density at radius 2 is 1.96 bits per heavy atom. The molecule has 5 nitrogen and oxygen atoms in total. The van der Waals surface area contributed by atoms with Crippen LogP contribution in [0.15, 0.2) is 36.5 Å². The van der Waals surface area contributed by atoms with Crippen molar-refractivity contribution in [2.24, 2.45) is 13.0 Å². The summed E-state index contributed by atoms with van der Waals surface area (Å²) in [5.41, 5.74) is 3.70. The second-order valence-electron chi connectivity index (χ2n) is 6.12. The fourth-order valence-corrected chi connectivity index (χ4v) is 3.17. The highest BCUT2D eigenvalue weighted by Gasteiger charge is 2.28. The zero-order chi connectivity index (χ0) is 16.6. The van der Waals surface area contributed by atoms with Gasteiger partial charge in [-0.25, -0.2) is 0 Å². The molecule has 0 aliphatic carbocycles. The van der Waals surface area contributed by atoms with Crippen LogP contribution in [-0.4, -0.2) is 24.1 Å². The minimum atomic E-state index is -0.0773. The van der Waals surface area contributed by atoms with Crippen LogP contribution in [0.1, 0.15) is 18.2 Å². The van der Waals surface area contributed by atoms with Crippen LogP contribution in [0.2, 0.25) is 0 Å². The molecular formula is C18H20N4O. The van der Waals surface area contributed by atoms with Gasteiger partial charge in [0.15, 0.2) is 0 Å². The van der Waals surface area contributed by atoms with Gasteiger partial charge in [-0.3, -0.25) is 4.79 Å². The summed E-state index contributed by atoms with van der Waals surface area (Å²) in [6, 6.07) is 12.1. The zero-order valence-electron chi connectivity index (χ0n) is 13.7. The first kappa shape index (κ1) is 15.2. The van der Waals surface area contributed by atoms with Gasteiger partial charge in [-0.05, 0) is 23.8 Å². The summed E-state index contributed by atoms with van der Waals surface area (Å²) >= 11 is 0. The van der Waals surface area contributed by atoms with E-state index in [2.05, 4.69) is 11.0 Å². The van der Waals surface area contributed by atoms with E-state index in [4.69, 9.17) is 5.26 Å². The Hall–Kier alpha value is -2.74. The second-order valence-corrected chi connectivity index (χ2v) is 6.12. The van der Waals surface area contributed by atoms with Crippen LogP contribution < -0.4 is 9.80 Å². The molecular weight excluding hydrogens is 288 g/mol. The van der Waals surface area contributed by atoms with Crippen molar-refractivity contribution in [3.8, 4) is 6.07 Å². The summed E-state index contributed by atoms with van der Waals surface area (Å²) in [5, 5.41) is 9.12.